The molecule has 26 heavy (non-hydrogen) atoms. The molecule has 0 radical (unpaired) electrons. The monoisotopic (exact) mass is 370 g/mol. The quantitative estimate of drug-likeness (QED) is 0.821. The predicted octanol–water partition coefficient (Wildman–Crippen LogP) is 3.31. The van der Waals surface area contributed by atoms with Gasteiger partial charge in [0.25, 0.3) is 5.91 Å². The number of amides is 2. The Morgan fingerprint density at radius 2 is 2.00 bits per heavy atom. The summed E-state index contributed by atoms with van der Waals surface area (Å²) in [5.41, 5.74) is 3.49. The molecule has 0 spiro atoms. The number of rotatable bonds is 5. The number of nitrogens with zero attached hydrogens (tertiary/aromatic N) is 1. The molecule has 2 amide bonds. The summed E-state index contributed by atoms with van der Waals surface area (Å²) >= 11 is 6.10. The summed E-state index contributed by atoms with van der Waals surface area (Å²) in [6.07, 6.45) is 1.31. The highest BCUT2D eigenvalue weighted by molar-refractivity contribution is 6.32. The smallest absolute Gasteiger partial charge is 0.251 e. The van der Waals surface area contributed by atoms with Crippen molar-refractivity contribution in [2.24, 2.45) is 0 Å². The standard InChI is InChI=1S/C20H19ClN2O3/c1-3-19(24)23-11-15-6-5-14(9-16(15)12-23)20(25)22-10-13-4-7-18(26-2)17(21)8-13/h3-9H,1,10-12H2,2H3,(H,22,25). The molecule has 5 nitrogen and oxygen atoms in total. The van der Waals surface area contributed by atoms with E-state index < -0.39 is 0 Å². The van der Waals surface area contributed by atoms with Gasteiger partial charge in [-0.15, -0.1) is 0 Å². The molecule has 1 heterocycles. The van der Waals surface area contributed by atoms with Gasteiger partial charge in [-0.25, -0.2) is 0 Å². The number of carbonyl (C=O) groups is 2. The zero-order chi connectivity index (χ0) is 18.7. The van der Waals surface area contributed by atoms with Crippen molar-refractivity contribution >= 4 is 23.4 Å². The van der Waals surface area contributed by atoms with Crippen molar-refractivity contribution in [3.8, 4) is 5.75 Å². The molecule has 134 valence electrons. The molecular formula is C20H19ClN2O3. The highest BCUT2D eigenvalue weighted by atomic mass is 35.5. The molecule has 1 N–H and O–H groups in total. The largest absolute Gasteiger partial charge is 0.495 e. The molecule has 2 aromatic rings. The van der Waals surface area contributed by atoms with Crippen LogP contribution in [0, 0.1) is 0 Å². The molecule has 3 rings (SSSR count). The van der Waals surface area contributed by atoms with Crippen LogP contribution in [-0.2, 0) is 24.4 Å². The maximum atomic E-state index is 12.4. The Bertz CT molecular complexity index is 879. The highest BCUT2D eigenvalue weighted by Gasteiger charge is 2.22. The van der Waals surface area contributed by atoms with Gasteiger partial charge in [0, 0.05) is 25.2 Å². The van der Waals surface area contributed by atoms with Crippen LogP contribution in [0.2, 0.25) is 5.02 Å². The van der Waals surface area contributed by atoms with Gasteiger partial charge >= 0.3 is 0 Å². The lowest BCUT2D eigenvalue weighted by molar-refractivity contribution is -0.126. The molecule has 0 aromatic heterocycles. The summed E-state index contributed by atoms with van der Waals surface area (Å²) in [4.78, 5) is 25.9. The Balaban J connectivity index is 1.65. The topological polar surface area (TPSA) is 58.6 Å². The third-order valence-electron chi connectivity index (χ3n) is 4.35. The molecule has 0 aliphatic carbocycles. The number of ether oxygens (including phenoxy) is 1. The summed E-state index contributed by atoms with van der Waals surface area (Å²) in [6, 6.07) is 10.9. The lowest BCUT2D eigenvalue weighted by atomic mass is 10.1. The van der Waals surface area contributed by atoms with E-state index in [2.05, 4.69) is 11.9 Å². The molecule has 0 unspecified atom stereocenters. The molecule has 1 aliphatic heterocycles. The van der Waals surface area contributed by atoms with Crippen molar-refractivity contribution in [3.63, 3.8) is 0 Å². The maximum Gasteiger partial charge on any atom is 0.251 e. The van der Waals surface area contributed by atoms with E-state index in [-0.39, 0.29) is 11.8 Å². The molecule has 0 bridgehead atoms. The maximum absolute atomic E-state index is 12.4. The van der Waals surface area contributed by atoms with Gasteiger partial charge in [0.05, 0.1) is 12.1 Å². The Morgan fingerprint density at radius 3 is 2.69 bits per heavy atom. The number of nitrogens with one attached hydrogen (secondary N) is 1. The first-order valence-corrected chi connectivity index (χ1v) is 8.53. The van der Waals surface area contributed by atoms with Crippen LogP contribution in [-0.4, -0.2) is 23.8 Å². The second kappa shape index (κ2) is 7.62. The van der Waals surface area contributed by atoms with Gasteiger partial charge in [0.2, 0.25) is 5.91 Å². The fourth-order valence-electron chi connectivity index (χ4n) is 2.92. The number of benzene rings is 2. The first-order valence-electron chi connectivity index (χ1n) is 8.15. The second-order valence-corrected chi connectivity index (χ2v) is 6.44. The summed E-state index contributed by atoms with van der Waals surface area (Å²) in [5.74, 6) is 0.316. The molecule has 1 aliphatic rings. The first kappa shape index (κ1) is 18.0. The second-order valence-electron chi connectivity index (χ2n) is 6.03. The zero-order valence-corrected chi connectivity index (χ0v) is 15.2. The van der Waals surface area contributed by atoms with E-state index in [4.69, 9.17) is 16.3 Å². The molecular weight excluding hydrogens is 352 g/mol. The van der Waals surface area contributed by atoms with Crippen molar-refractivity contribution in [1.82, 2.24) is 10.2 Å². The Labute approximate surface area is 157 Å². The van der Waals surface area contributed by atoms with Crippen LogP contribution < -0.4 is 10.1 Å². The van der Waals surface area contributed by atoms with Crippen molar-refractivity contribution in [2.75, 3.05) is 7.11 Å². The van der Waals surface area contributed by atoms with Crippen molar-refractivity contribution in [2.45, 2.75) is 19.6 Å². The van der Waals surface area contributed by atoms with Crippen LogP contribution in [0.15, 0.2) is 49.1 Å². The van der Waals surface area contributed by atoms with E-state index in [0.717, 1.165) is 16.7 Å². The molecule has 6 heteroatoms. The molecule has 0 saturated carbocycles. The predicted molar refractivity (Wildman–Crippen MR) is 100 cm³/mol. The van der Waals surface area contributed by atoms with E-state index in [9.17, 15) is 9.59 Å². The third kappa shape index (κ3) is 3.73. The fraction of sp³-hybridized carbons (Fsp3) is 0.200. The number of methoxy groups -OCH3 is 1. The minimum atomic E-state index is -0.173. The molecule has 2 aromatic carbocycles. The summed E-state index contributed by atoms with van der Waals surface area (Å²) in [6.45, 7) is 4.92. The van der Waals surface area contributed by atoms with Crippen LogP contribution in [0.25, 0.3) is 0 Å². The summed E-state index contributed by atoms with van der Waals surface area (Å²) in [7, 11) is 1.56. The number of carbonyl (C=O) groups excluding carboxylic acids is 2. The molecule has 0 saturated heterocycles. The Hall–Kier alpha value is -2.79. The van der Waals surface area contributed by atoms with Gasteiger partial charge < -0.3 is 15.0 Å². The minimum absolute atomic E-state index is 0.108. The Morgan fingerprint density at radius 1 is 1.23 bits per heavy atom. The molecule has 0 atom stereocenters. The summed E-state index contributed by atoms with van der Waals surface area (Å²) < 4.78 is 5.12. The van der Waals surface area contributed by atoms with E-state index in [1.807, 2.05) is 18.2 Å². The lowest BCUT2D eigenvalue weighted by Gasteiger charge is -2.11. The van der Waals surface area contributed by atoms with E-state index in [0.29, 0.717) is 36.0 Å². The number of halogens is 1. The van der Waals surface area contributed by atoms with Crippen LogP contribution in [0.5, 0.6) is 5.75 Å². The van der Waals surface area contributed by atoms with Gasteiger partial charge in [-0.1, -0.05) is 30.3 Å². The van der Waals surface area contributed by atoms with E-state index >= 15 is 0 Å². The van der Waals surface area contributed by atoms with Crippen molar-refractivity contribution in [1.29, 1.82) is 0 Å². The van der Waals surface area contributed by atoms with Gasteiger partial charge in [0.1, 0.15) is 5.75 Å². The number of hydrogen-bond acceptors (Lipinski definition) is 3. The Kier molecular flexibility index (Phi) is 5.28. The van der Waals surface area contributed by atoms with Crippen LogP contribution in [0.4, 0.5) is 0 Å². The third-order valence-corrected chi connectivity index (χ3v) is 4.64. The van der Waals surface area contributed by atoms with Crippen LogP contribution in [0.3, 0.4) is 0 Å². The van der Waals surface area contributed by atoms with Crippen molar-refractivity contribution < 1.29 is 14.3 Å². The SMILES string of the molecule is C=CC(=O)N1Cc2ccc(C(=O)NCc3ccc(OC)c(Cl)c3)cc2C1. The minimum Gasteiger partial charge on any atom is -0.495 e. The lowest BCUT2D eigenvalue weighted by Crippen LogP contribution is -2.23. The summed E-state index contributed by atoms with van der Waals surface area (Å²) in [5, 5.41) is 3.38. The van der Waals surface area contributed by atoms with E-state index in [1.54, 1.807) is 30.2 Å². The average molecular weight is 371 g/mol. The number of fused-ring (bicyclic) bond motifs is 1. The zero-order valence-electron chi connectivity index (χ0n) is 14.4. The van der Waals surface area contributed by atoms with E-state index in [1.165, 1.54) is 6.08 Å². The van der Waals surface area contributed by atoms with Crippen LogP contribution in [0.1, 0.15) is 27.0 Å². The molecule has 0 fully saturated rings. The normalized spacial score (nSPS) is 12.5. The van der Waals surface area contributed by atoms with Gasteiger partial charge in [-0.2, -0.15) is 0 Å². The average Bonchev–Trinajstić information content (AvgIpc) is 3.08. The fourth-order valence-corrected chi connectivity index (χ4v) is 3.21. The first-order chi connectivity index (χ1) is 12.5. The van der Waals surface area contributed by atoms with Crippen molar-refractivity contribution in [3.05, 3.63) is 76.3 Å². The van der Waals surface area contributed by atoms with Gasteiger partial charge in [-0.05, 0) is 47.0 Å². The van der Waals surface area contributed by atoms with Crippen LogP contribution >= 0.6 is 11.6 Å². The van der Waals surface area contributed by atoms with Gasteiger partial charge in [0.15, 0.2) is 0 Å². The highest BCUT2D eigenvalue weighted by Crippen LogP contribution is 2.26. The van der Waals surface area contributed by atoms with Gasteiger partial charge in [-0.3, -0.25) is 9.59 Å². The number of hydrogen-bond donors (Lipinski definition) is 1.